The number of nitrogens with one attached hydrogen (secondary N) is 1. The molecule has 0 unspecified atom stereocenters. The Balaban J connectivity index is 1.55. The van der Waals surface area contributed by atoms with Gasteiger partial charge in [0.05, 0.1) is 5.75 Å². The predicted octanol–water partition coefficient (Wildman–Crippen LogP) is 6.22. The zero-order chi connectivity index (χ0) is 21.6. The van der Waals surface area contributed by atoms with Crippen LogP contribution < -0.4 is 5.32 Å². The molecule has 5 nitrogen and oxygen atoms in total. The van der Waals surface area contributed by atoms with E-state index in [1.165, 1.54) is 11.8 Å². The van der Waals surface area contributed by atoms with Crippen LogP contribution in [0.25, 0.3) is 11.3 Å². The minimum Gasteiger partial charge on any atom is -0.429 e. The Kier molecular flexibility index (Phi) is 6.50. The molecule has 1 amide bonds. The number of halogens is 1. The van der Waals surface area contributed by atoms with Crippen LogP contribution in [0.1, 0.15) is 20.7 Å². The molecule has 0 aliphatic carbocycles. The lowest BCUT2D eigenvalue weighted by molar-refractivity contribution is 0.101. The number of anilines is 1. The summed E-state index contributed by atoms with van der Waals surface area (Å²) in [7, 11) is 0. The van der Waals surface area contributed by atoms with Crippen LogP contribution in [-0.2, 0) is 0 Å². The van der Waals surface area contributed by atoms with Crippen molar-refractivity contribution in [2.24, 2.45) is 0 Å². The van der Waals surface area contributed by atoms with E-state index in [1.807, 2.05) is 36.4 Å². The third kappa shape index (κ3) is 5.23. The number of carbonyl (C=O) groups excluding carboxylic acids is 2. The monoisotopic (exact) mass is 448 g/mol. The highest BCUT2D eigenvalue weighted by atomic mass is 35.5. The molecule has 0 aliphatic heterocycles. The number of hydrogen-bond acceptors (Lipinski definition) is 5. The van der Waals surface area contributed by atoms with Crippen molar-refractivity contribution >= 4 is 40.9 Å². The Morgan fingerprint density at radius 3 is 2.19 bits per heavy atom. The van der Waals surface area contributed by atoms with Crippen LogP contribution in [0, 0.1) is 0 Å². The number of amides is 1. The van der Waals surface area contributed by atoms with Crippen LogP contribution in [0.3, 0.4) is 0 Å². The molecule has 0 spiro atoms. The molecule has 0 aliphatic rings. The second kappa shape index (κ2) is 9.64. The lowest BCUT2D eigenvalue weighted by atomic mass is 10.1. The number of nitrogens with zero attached hydrogens (tertiary/aromatic N) is 1. The maximum absolute atomic E-state index is 12.6. The topological polar surface area (TPSA) is 72.2 Å². The molecule has 0 saturated heterocycles. The number of carbonyl (C=O) groups is 2. The van der Waals surface area contributed by atoms with E-state index in [2.05, 4.69) is 10.3 Å². The van der Waals surface area contributed by atoms with Gasteiger partial charge in [-0.05, 0) is 36.4 Å². The molecule has 4 rings (SSSR count). The van der Waals surface area contributed by atoms with E-state index in [0.717, 1.165) is 5.56 Å². The molecule has 1 heterocycles. The number of aromatic nitrogens is 1. The summed E-state index contributed by atoms with van der Waals surface area (Å²) >= 11 is 7.05. The summed E-state index contributed by atoms with van der Waals surface area (Å²) in [6, 6.07) is 25.0. The summed E-state index contributed by atoms with van der Waals surface area (Å²) in [4.78, 5) is 29.5. The second-order valence-corrected chi connectivity index (χ2v) is 7.93. The molecule has 7 heteroatoms. The average Bonchev–Trinajstić information content (AvgIpc) is 3.21. The quantitative estimate of drug-likeness (QED) is 0.268. The maximum atomic E-state index is 12.6. The van der Waals surface area contributed by atoms with Crippen molar-refractivity contribution < 1.29 is 14.0 Å². The number of hydrogen-bond donors (Lipinski definition) is 1. The van der Waals surface area contributed by atoms with Gasteiger partial charge in [-0.2, -0.15) is 4.98 Å². The second-order valence-electron chi connectivity index (χ2n) is 6.56. The van der Waals surface area contributed by atoms with Crippen LogP contribution in [0.4, 0.5) is 5.82 Å². The minimum absolute atomic E-state index is 0.0731. The van der Waals surface area contributed by atoms with Crippen molar-refractivity contribution in [3.8, 4) is 11.3 Å². The van der Waals surface area contributed by atoms with Gasteiger partial charge in [0, 0.05) is 21.7 Å². The first-order chi connectivity index (χ1) is 15.1. The van der Waals surface area contributed by atoms with Crippen LogP contribution in [-0.4, -0.2) is 22.4 Å². The molecule has 0 radical (unpaired) electrons. The van der Waals surface area contributed by atoms with Crippen LogP contribution in [0.5, 0.6) is 0 Å². The summed E-state index contributed by atoms with van der Waals surface area (Å²) in [6.07, 6.45) is 0. The zero-order valence-corrected chi connectivity index (χ0v) is 17.8. The van der Waals surface area contributed by atoms with E-state index in [9.17, 15) is 9.59 Å². The van der Waals surface area contributed by atoms with Gasteiger partial charge in [0.25, 0.3) is 11.1 Å². The van der Waals surface area contributed by atoms with Crippen LogP contribution in [0.2, 0.25) is 5.02 Å². The third-order valence-electron chi connectivity index (χ3n) is 4.40. The summed E-state index contributed by atoms with van der Waals surface area (Å²) in [5.41, 5.74) is 1.84. The van der Waals surface area contributed by atoms with Crippen LogP contribution in [0.15, 0.2) is 94.6 Å². The first kappa shape index (κ1) is 20.9. The Morgan fingerprint density at radius 1 is 0.871 bits per heavy atom. The largest absolute Gasteiger partial charge is 0.429 e. The highest BCUT2D eigenvalue weighted by molar-refractivity contribution is 7.99. The fourth-order valence-corrected chi connectivity index (χ4v) is 3.69. The van der Waals surface area contributed by atoms with Gasteiger partial charge in [-0.1, -0.05) is 71.9 Å². The standard InChI is InChI=1S/C24H17ClN2O3S/c25-19-13-11-16(12-14-19)20(28)15-31-24-27-22(21(30-24)17-7-3-1-4-8-17)26-23(29)18-9-5-2-6-10-18/h1-14H,15H2,(H,26,29). The van der Waals surface area contributed by atoms with Gasteiger partial charge in [0.15, 0.2) is 17.4 Å². The first-order valence-corrected chi connectivity index (χ1v) is 10.8. The Bertz CT molecular complexity index is 1190. The zero-order valence-electron chi connectivity index (χ0n) is 16.2. The molecule has 0 saturated carbocycles. The highest BCUT2D eigenvalue weighted by Crippen LogP contribution is 2.33. The van der Waals surface area contributed by atoms with E-state index in [1.54, 1.807) is 48.5 Å². The smallest absolute Gasteiger partial charge is 0.258 e. The van der Waals surface area contributed by atoms with E-state index < -0.39 is 0 Å². The van der Waals surface area contributed by atoms with Crippen molar-refractivity contribution in [2.45, 2.75) is 5.22 Å². The molecule has 0 fully saturated rings. The van der Waals surface area contributed by atoms with E-state index in [-0.39, 0.29) is 17.4 Å². The molecule has 154 valence electrons. The van der Waals surface area contributed by atoms with Gasteiger partial charge < -0.3 is 9.73 Å². The normalized spacial score (nSPS) is 10.6. The van der Waals surface area contributed by atoms with Gasteiger partial charge in [-0.15, -0.1) is 0 Å². The lowest BCUT2D eigenvalue weighted by Crippen LogP contribution is -2.12. The van der Waals surface area contributed by atoms with Crippen molar-refractivity contribution in [1.82, 2.24) is 4.98 Å². The number of Topliss-reactive ketones (excluding diaryl/α,β-unsaturated/α-hetero) is 1. The van der Waals surface area contributed by atoms with Crippen molar-refractivity contribution in [2.75, 3.05) is 11.1 Å². The van der Waals surface area contributed by atoms with Crippen molar-refractivity contribution in [3.05, 3.63) is 101 Å². The number of rotatable bonds is 7. The SMILES string of the molecule is O=C(CSc1nc(NC(=O)c2ccccc2)c(-c2ccccc2)o1)c1ccc(Cl)cc1. The number of oxazole rings is 1. The van der Waals surface area contributed by atoms with E-state index >= 15 is 0 Å². The minimum atomic E-state index is -0.292. The van der Waals surface area contributed by atoms with Gasteiger partial charge in [0.2, 0.25) is 0 Å². The summed E-state index contributed by atoms with van der Waals surface area (Å²) < 4.78 is 5.91. The fraction of sp³-hybridized carbons (Fsp3) is 0.0417. The third-order valence-corrected chi connectivity index (χ3v) is 5.48. The fourth-order valence-electron chi connectivity index (χ4n) is 2.85. The molecule has 1 aromatic heterocycles. The van der Waals surface area contributed by atoms with Crippen molar-refractivity contribution in [1.29, 1.82) is 0 Å². The molecule has 1 N–H and O–H groups in total. The first-order valence-electron chi connectivity index (χ1n) is 9.44. The molecule has 4 aromatic rings. The van der Waals surface area contributed by atoms with Gasteiger partial charge in [0.1, 0.15) is 0 Å². The number of ketones is 1. The van der Waals surface area contributed by atoms with Crippen LogP contribution >= 0.6 is 23.4 Å². The molecule has 0 bridgehead atoms. The summed E-state index contributed by atoms with van der Waals surface area (Å²) in [5.74, 6) is 0.520. The van der Waals surface area contributed by atoms with E-state index in [0.29, 0.717) is 33.0 Å². The number of thioether (sulfide) groups is 1. The Morgan fingerprint density at radius 2 is 1.52 bits per heavy atom. The summed E-state index contributed by atoms with van der Waals surface area (Å²) in [5, 5.41) is 3.68. The molecular formula is C24H17ClN2O3S. The average molecular weight is 449 g/mol. The van der Waals surface area contributed by atoms with Crippen molar-refractivity contribution in [3.63, 3.8) is 0 Å². The van der Waals surface area contributed by atoms with Gasteiger partial charge >= 0.3 is 0 Å². The molecular weight excluding hydrogens is 432 g/mol. The number of benzene rings is 3. The highest BCUT2D eigenvalue weighted by Gasteiger charge is 2.19. The molecule has 0 atom stereocenters. The Labute approximate surface area is 188 Å². The maximum Gasteiger partial charge on any atom is 0.258 e. The Hall–Kier alpha value is -3.35. The molecule has 3 aromatic carbocycles. The molecule has 31 heavy (non-hydrogen) atoms. The van der Waals surface area contributed by atoms with Gasteiger partial charge in [-0.25, -0.2) is 0 Å². The van der Waals surface area contributed by atoms with E-state index in [4.69, 9.17) is 16.0 Å². The summed E-state index contributed by atoms with van der Waals surface area (Å²) in [6.45, 7) is 0. The predicted molar refractivity (Wildman–Crippen MR) is 123 cm³/mol. The van der Waals surface area contributed by atoms with Gasteiger partial charge in [-0.3, -0.25) is 9.59 Å². The lowest BCUT2D eigenvalue weighted by Gasteiger charge is -2.04.